The standard InChI is InChI=1S/C32H32F3NO5/c1-31(2,3)23-13-14-24-26(18-23)29(39)36(28(24)38)17-16-25(30(40)41)27(37)15-6-19-4-7-20(8-5-19)21-9-11-22(12-10-21)32(33,34)35/h4-5,7-14,18,25,27,37H,6,15-17H2,1-3H3,(H,40,41). The van der Waals surface area contributed by atoms with Crippen LogP contribution in [0.2, 0.25) is 0 Å². The molecule has 2 atom stereocenters. The summed E-state index contributed by atoms with van der Waals surface area (Å²) in [5, 5.41) is 20.5. The van der Waals surface area contributed by atoms with E-state index >= 15 is 0 Å². The van der Waals surface area contributed by atoms with Crippen LogP contribution in [0.4, 0.5) is 13.2 Å². The third-order valence-electron chi connectivity index (χ3n) is 7.51. The second-order valence-electron chi connectivity index (χ2n) is 11.4. The summed E-state index contributed by atoms with van der Waals surface area (Å²) in [6.45, 7) is 5.87. The minimum atomic E-state index is -4.41. The topological polar surface area (TPSA) is 94.9 Å². The van der Waals surface area contributed by atoms with Gasteiger partial charge in [0, 0.05) is 6.54 Å². The molecular formula is C32H32F3NO5. The molecule has 0 radical (unpaired) electrons. The number of carbonyl (C=O) groups is 3. The van der Waals surface area contributed by atoms with Crippen molar-refractivity contribution in [1.82, 2.24) is 4.90 Å². The zero-order valence-electron chi connectivity index (χ0n) is 23.0. The van der Waals surface area contributed by atoms with Gasteiger partial charge in [0.05, 0.1) is 28.7 Å². The number of rotatable bonds is 9. The number of carboxylic acid groups (broad SMARTS) is 1. The van der Waals surface area contributed by atoms with Crippen LogP contribution in [-0.2, 0) is 22.8 Å². The number of benzene rings is 3. The summed E-state index contributed by atoms with van der Waals surface area (Å²) >= 11 is 0. The number of alkyl halides is 3. The number of hydrogen-bond acceptors (Lipinski definition) is 4. The first-order valence-electron chi connectivity index (χ1n) is 13.3. The SMILES string of the molecule is CC(C)(C)c1ccc2c(c1)C(=O)N(CCC(C(=O)O)C(O)CCc1ccc(-c3ccc(C(F)(F)F)cc3)cc1)C2=O. The van der Waals surface area contributed by atoms with Crippen molar-refractivity contribution in [2.75, 3.05) is 6.54 Å². The minimum absolute atomic E-state index is 0.0963. The van der Waals surface area contributed by atoms with Crippen LogP contribution in [-0.4, -0.2) is 45.5 Å². The lowest BCUT2D eigenvalue weighted by molar-refractivity contribution is -0.146. The summed E-state index contributed by atoms with van der Waals surface area (Å²) in [6, 6.07) is 17.1. The highest BCUT2D eigenvalue weighted by atomic mass is 19.4. The molecule has 216 valence electrons. The van der Waals surface area contributed by atoms with E-state index in [9.17, 15) is 37.8 Å². The number of amides is 2. The van der Waals surface area contributed by atoms with Gasteiger partial charge in [0.15, 0.2) is 0 Å². The number of aryl methyl sites for hydroxylation is 1. The molecule has 0 aromatic heterocycles. The summed E-state index contributed by atoms with van der Waals surface area (Å²) in [5.41, 5.74) is 2.72. The van der Waals surface area contributed by atoms with Crippen molar-refractivity contribution < 1.29 is 37.8 Å². The van der Waals surface area contributed by atoms with Crippen LogP contribution in [0.5, 0.6) is 0 Å². The lowest BCUT2D eigenvalue weighted by Crippen LogP contribution is -2.36. The minimum Gasteiger partial charge on any atom is -0.481 e. The van der Waals surface area contributed by atoms with Crippen molar-refractivity contribution >= 4 is 17.8 Å². The Balaban J connectivity index is 1.35. The van der Waals surface area contributed by atoms with E-state index < -0.39 is 41.5 Å². The Morgan fingerprint density at radius 3 is 1.88 bits per heavy atom. The van der Waals surface area contributed by atoms with Gasteiger partial charge in [-0.05, 0) is 71.2 Å². The van der Waals surface area contributed by atoms with Gasteiger partial charge < -0.3 is 10.2 Å². The van der Waals surface area contributed by atoms with Gasteiger partial charge in [-0.3, -0.25) is 19.3 Å². The smallest absolute Gasteiger partial charge is 0.416 e. The number of aliphatic hydroxyl groups is 1. The maximum atomic E-state index is 13.0. The Labute approximate surface area is 236 Å². The zero-order valence-corrected chi connectivity index (χ0v) is 23.0. The highest BCUT2D eigenvalue weighted by Crippen LogP contribution is 2.32. The molecule has 41 heavy (non-hydrogen) atoms. The summed E-state index contributed by atoms with van der Waals surface area (Å²) in [6.07, 6.45) is -5.22. The first-order valence-corrected chi connectivity index (χ1v) is 13.3. The molecule has 4 rings (SSSR count). The normalized spacial score (nSPS) is 15.1. The quantitative estimate of drug-likeness (QED) is 0.294. The summed E-state index contributed by atoms with van der Waals surface area (Å²) in [4.78, 5) is 38.9. The van der Waals surface area contributed by atoms with Crippen molar-refractivity contribution in [3.63, 3.8) is 0 Å². The van der Waals surface area contributed by atoms with Gasteiger partial charge in [0.2, 0.25) is 0 Å². The Morgan fingerprint density at radius 2 is 1.34 bits per heavy atom. The number of aliphatic hydroxyl groups excluding tert-OH is 1. The van der Waals surface area contributed by atoms with E-state index in [0.29, 0.717) is 17.5 Å². The van der Waals surface area contributed by atoms with E-state index in [1.807, 2.05) is 26.8 Å². The second kappa shape index (κ2) is 11.5. The Kier molecular flexibility index (Phi) is 8.40. The van der Waals surface area contributed by atoms with Crippen molar-refractivity contribution in [1.29, 1.82) is 0 Å². The number of hydrogen-bond donors (Lipinski definition) is 2. The van der Waals surface area contributed by atoms with Gasteiger partial charge in [-0.15, -0.1) is 0 Å². The fourth-order valence-electron chi connectivity index (χ4n) is 4.94. The molecule has 9 heteroatoms. The predicted molar refractivity (Wildman–Crippen MR) is 147 cm³/mol. The monoisotopic (exact) mass is 567 g/mol. The average Bonchev–Trinajstić information content (AvgIpc) is 3.15. The van der Waals surface area contributed by atoms with Crippen molar-refractivity contribution in [3.8, 4) is 11.1 Å². The molecule has 1 aliphatic heterocycles. The van der Waals surface area contributed by atoms with Crippen LogP contribution >= 0.6 is 0 Å². The Bertz CT molecular complexity index is 1440. The van der Waals surface area contributed by atoms with Crippen LogP contribution in [0.15, 0.2) is 66.7 Å². The van der Waals surface area contributed by atoms with E-state index in [1.54, 1.807) is 36.4 Å². The molecule has 6 nitrogen and oxygen atoms in total. The van der Waals surface area contributed by atoms with Crippen molar-refractivity contribution in [3.05, 3.63) is 94.5 Å². The van der Waals surface area contributed by atoms with Crippen LogP contribution < -0.4 is 0 Å². The molecule has 2 unspecified atom stereocenters. The van der Waals surface area contributed by atoms with E-state index in [4.69, 9.17) is 0 Å². The average molecular weight is 568 g/mol. The number of halogens is 3. The number of nitrogens with zero attached hydrogens (tertiary/aromatic N) is 1. The molecule has 0 fully saturated rings. The highest BCUT2D eigenvalue weighted by molar-refractivity contribution is 6.21. The molecule has 0 aliphatic carbocycles. The molecule has 0 saturated heterocycles. The van der Waals surface area contributed by atoms with E-state index in [-0.39, 0.29) is 30.4 Å². The third kappa shape index (κ3) is 6.68. The maximum Gasteiger partial charge on any atom is 0.416 e. The summed E-state index contributed by atoms with van der Waals surface area (Å²) in [7, 11) is 0. The van der Waals surface area contributed by atoms with Gasteiger partial charge in [-0.2, -0.15) is 13.2 Å². The Hall–Kier alpha value is -3.98. The molecule has 2 amide bonds. The van der Waals surface area contributed by atoms with Crippen molar-refractivity contribution in [2.24, 2.45) is 5.92 Å². The lowest BCUT2D eigenvalue weighted by Gasteiger charge is -2.22. The lowest BCUT2D eigenvalue weighted by atomic mass is 9.85. The van der Waals surface area contributed by atoms with Gasteiger partial charge in [0.25, 0.3) is 11.8 Å². The number of carboxylic acids is 1. The summed E-state index contributed by atoms with van der Waals surface area (Å²) in [5.74, 6) is -3.35. The molecular weight excluding hydrogens is 535 g/mol. The number of imide groups is 1. The highest BCUT2D eigenvalue weighted by Gasteiger charge is 2.38. The van der Waals surface area contributed by atoms with E-state index in [2.05, 4.69) is 0 Å². The largest absolute Gasteiger partial charge is 0.481 e. The maximum absolute atomic E-state index is 13.0. The van der Waals surface area contributed by atoms with Crippen LogP contribution in [0, 0.1) is 5.92 Å². The molecule has 1 aliphatic rings. The molecule has 3 aromatic carbocycles. The van der Waals surface area contributed by atoms with Crippen LogP contribution in [0.1, 0.15) is 71.0 Å². The van der Waals surface area contributed by atoms with E-state index in [1.165, 1.54) is 12.1 Å². The number of carbonyl (C=O) groups excluding carboxylic acids is 2. The third-order valence-corrected chi connectivity index (χ3v) is 7.51. The number of aliphatic carboxylic acids is 1. The van der Waals surface area contributed by atoms with Crippen LogP contribution in [0.3, 0.4) is 0 Å². The summed E-state index contributed by atoms with van der Waals surface area (Å²) < 4.78 is 38.4. The van der Waals surface area contributed by atoms with Gasteiger partial charge in [-0.25, -0.2) is 0 Å². The van der Waals surface area contributed by atoms with Crippen LogP contribution in [0.25, 0.3) is 11.1 Å². The van der Waals surface area contributed by atoms with E-state index in [0.717, 1.165) is 33.7 Å². The van der Waals surface area contributed by atoms with Gasteiger partial charge in [0.1, 0.15) is 0 Å². The van der Waals surface area contributed by atoms with Gasteiger partial charge >= 0.3 is 12.1 Å². The Morgan fingerprint density at radius 1 is 0.805 bits per heavy atom. The fourth-order valence-corrected chi connectivity index (χ4v) is 4.94. The molecule has 0 spiro atoms. The van der Waals surface area contributed by atoms with Crippen molar-refractivity contribution in [2.45, 2.75) is 57.7 Å². The van der Waals surface area contributed by atoms with Gasteiger partial charge in [-0.1, -0.05) is 63.2 Å². The fraction of sp³-hybridized carbons (Fsp3) is 0.344. The second-order valence-corrected chi connectivity index (χ2v) is 11.4. The molecule has 3 aromatic rings. The zero-order chi connectivity index (χ0) is 30.1. The molecule has 1 heterocycles. The molecule has 0 saturated carbocycles. The first kappa shape index (κ1) is 30.0. The first-order chi connectivity index (χ1) is 19.2. The molecule has 2 N–H and O–H groups in total. The number of fused-ring (bicyclic) bond motifs is 1. The molecule has 0 bridgehead atoms. The predicted octanol–water partition coefficient (Wildman–Crippen LogP) is 6.35.